The van der Waals surface area contributed by atoms with Crippen molar-refractivity contribution in [2.75, 3.05) is 25.0 Å². The van der Waals surface area contributed by atoms with Gasteiger partial charge >= 0.3 is 0 Å². The van der Waals surface area contributed by atoms with Crippen LogP contribution in [0.15, 0.2) is 58.0 Å². The lowest BCUT2D eigenvalue weighted by Gasteiger charge is -2.36. The average Bonchev–Trinajstić information content (AvgIpc) is 3.02. The lowest BCUT2D eigenvalue weighted by Crippen LogP contribution is -2.52. The number of aliphatic imine (C=N–C) groups is 1. The van der Waals surface area contributed by atoms with Crippen molar-refractivity contribution in [1.29, 1.82) is 0 Å². The molecule has 0 bridgehead atoms. The molecule has 0 aliphatic carbocycles. The molecule has 150 valence electrons. The molecule has 2 amide bonds. The maximum Gasteiger partial charge on any atom is 0.272 e. The van der Waals surface area contributed by atoms with Crippen molar-refractivity contribution in [3.8, 4) is 0 Å². The predicted octanol–water partition coefficient (Wildman–Crippen LogP) is 3.45. The van der Waals surface area contributed by atoms with Crippen LogP contribution in [0.2, 0.25) is 5.02 Å². The summed E-state index contributed by atoms with van der Waals surface area (Å²) >= 11 is 9.50. The number of likely N-dealkylation sites (tertiary alicyclic amines) is 1. The van der Waals surface area contributed by atoms with Crippen molar-refractivity contribution in [2.24, 2.45) is 4.99 Å². The van der Waals surface area contributed by atoms with Crippen molar-refractivity contribution in [1.82, 2.24) is 10.2 Å². The Bertz CT molecular complexity index is 969. The van der Waals surface area contributed by atoms with Crippen molar-refractivity contribution in [3.63, 3.8) is 0 Å². The molecule has 2 aliphatic heterocycles. The Morgan fingerprint density at radius 3 is 2.55 bits per heavy atom. The molecule has 1 saturated heterocycles. The van der Waals surface area contributed by atoms with Crippen LogP contribution in [0.1, 0.15) is 18.4 Å². The van der Waals surface area contributed by atoms with Crippen LogP contribution in [-0.4, -0.2) is 47.7 Å². The highest BCUT2D eigenvalue weighted by Gasteiger charge is 2.42. The number of amides is 2. The number of halogens is 2. The number of carbonyl (C=O) groups excluding carboxylic acids is 2. The summed E-state index contributed by atoms with van der Waals surface area (Å²) in [6, 6.07) is 14.7. The lowest BCUT2D eigenvalue weighted by molar-refractivity contribution is -0.119. The number of hydrogen-bond acceptors (Lipinski definition) is 4. The van der Waals surface area contributed by atoms with Crippen LogP contribution >= 0.6 is 27.5 Å². The highest BCUT2D eigenvalue weighted by atomic mass is 79.9. The summed E-state index contributed by atoms with van der Waals surface area (Å²) in [5.74, 6) is -0.249. The molecule has 0 saturated carbocycles. The van der Waals surface area contributed by atoms with Gasteiger partial charge in [0.25, 0.3) is 5.91 Å². The molecule has 2 aromatic carbocycles. The van der Waals surface area contributed by atoms with Gasteiger partial charge in [-0.15, -0.1) is 0 Å². The van der Waals surface area contributed by atoms with Gasteiger partial charge in [0.2, 0.25) is 5.91 Å². The van der Waals surface area contributed by atoms with Crippen LogP contribution in [0.3, 0.4) is 0 Å². The molecule has 0 radical (unpaired) electrons. The van der Waals surface area contributed by atoms with Gasteiger partial charge in [-0.1, -0.05) is 51.8 Å². The van der Waals surface area contributed by atoms with E-state index >= 15 is 0 Å². The standard InChI is InChI=1S/C21H20BrClN4O2/c22-15-7-5-14(6-8-15)19-20(29)26-21(25-19)9-11-27(12-10-21)13-18(28)24-17-4-2-1-3-16(17)23/h1-8H,9-13H2,(H,24,28)(H,26,29). The molecule has 0 atom stereocenters. The molecule has 1 spiro atoms. The first-order valence-corrected chi connectivity index (χ1v) is 10.6. The first-order chi connectivity index (χ1) is 13.9. The zero-order valence-electron chi connectivity index (χ0n) is 15.6. The predicted molar refractivity (Wildman–Crippen MR) is 117 cm³/mol. The van der Waals surface area contributed by atoms with E-state index in [0.717, 1.165) is 10.0 Å². The normalized spacial score (nSPS) is 18.4. The third kappa shape index (κ3) is 4.52. The van der Waals surface area contributed by atoms with Crippen molar-refractivity contribution in [3.05, 3.63) is 63.6 Å². The Hall–Kier alpha value is -2.22. The monoisotopic (exact) mass is 474 g/mol. The number of anilines is 1. The molecule has 2 N–H and O–H groups in total. The maximum atomic E-state index is 12.5. The molecule has 6 nitrogen and oxygen atoms in total. The van der Waals surface area contributed by atoms with Gasteiger partial charge in [0.05, 0.1) is 17.3 Å². The van der Waals surface area contributed by atoms with Gasteiger partial charge in [-0.3, -0.25) is 19.5 Å². The van der Waals surface area contributed by atoms with Gasteiger partial charge in [0.1, 0.15) is 11.4 Å². The van der Waals surface area contributed by atoms with Crippen LogP contribution in [-0.2, 0) is 9.59 Å². The number of para-hydroxylation sites is 1. The Morgan fingerprint density at radius 1 is 1.17 bits per heavy atom. The van der Waals surface area contributed by atoms with E-state index in [-0.39, 0.29) is 18.4 Å². The number of benzene rings is 2. The fraction of sp³-hybridized carbons (Fsp3) is 0.286. The second-order valence-corrected chi connectivity index (χ2v) is 8.58. The van der Waals surface area contributed by atoms with E-state index in [2.05, 4.69) is 31.5 Å². The lowest BCUT2D eigenvalue weighted by atomic mass is 9.98. The zero-order valence-corrected chi connectivity index (χ0v) is 18.0. The van der Waals surface area contributed by atoms with Gasteiger partial charge < -0.3 is 10.6 Å². The largest absolute Gasteiger partial charge is 0.326 e. The quantitative estimate of drug-likeness (QED) is 0.711. The molecule has 1 fully saturated rings. The molecule has 4 rings (SSSR count). The second-order valence-electron chi connectivity index (χ2n) is 7.26. The first kappa shape index (κ1) is 20.1. The minimum Gasteiger partial charge on any atom is -0.326 e. The summed E-state index contributed by atoms with van der Waals surface area (Å²) in [4.78, 5) is 31.6. The molecular formula is C21H20BrClN4O2. The van der Waals surface area contributed by atoms with E-state index in [1.807, 2.05) is 36.4 Å². The summed E-state index contributed by atoms with van der Waals surface area (Å²) < 4.78 is 0.957. The van der Waals surface area contributed by atoms with Crippen LogP contribution in [0, 0.1) is 0 Å². The van der Waals surface area contributed by atoms with E-state index < -0.39 is 5.66 Å². The molecule has 0 aromatic heterocycles. The molecule has 2 aromatic rings. The molecule has 0 unspecified atom stereocenters. The number of nitrogens with zero attached hydrogens (tertiary/aromatic N) is 2. The number of piperidine rings is 1. The summed E-state index contributed by atoms with van der Waals surface area (Å²) in [5, 5.41) is 6.42. The second kappa shape index (κ2) is 8.26. The minimum absolute atomic E-state index is 0.108. The van der Waals surface area contributed by atoms with Gasteiger partial charge in [-0.25, -0.2) is 0 Å². The average molecular weight is 476 g/mol. The molecular weight excluding hydrogens is 456 g/mol. The van der Waals surface area contributed by atoms with Gasteiger partial charge in [-0.05, 0) is 24.3 Å². The van der Waals surface area contributed by atoms with Gasteiger partial charge in [0, 0.05) is 36.0 Å². The fourth-order valence-corrected chi connectivity index (χ4v) is 4.09. The van der Waals surface area contributed by atoms with E-state index in [4.69, 9.17) is 16.6 Å². The van der Waals surface area contributed by atoms with Crippen molar-refractivity contribution in [2.45, 2.75) is 18.5 Å². The molecule has 8 heteroatoms. The van der Waals surface area contributed by atoms with E-state index in [0.29, 0.717) is 42.4 Å². The van der Waals surface area contributed by atoms with E-state index in [9.17, 15) is 9.59 Å². The maximum absolute atomic E-state index is 12.5. The zero-order chi connectivity index (χ0) is 20.4. The summed E-state index contributed by atoms with van der Waals surface area (Å²) in [6.45, 7) is 1.62. The van der Waals surface area contributed by atoms with Crippen molar-refractivity contribution < 1.29 is 9.59 Å². The SMILES string of the molecule is O=C(CN1CCC2(CC1)N=C(c1ccc(Br)cc1)C(=O)N2)Nc1ccccc1Cl. The Morgan fingerprint density at radius 2 is 1.86 bits per heavy atom. The van der Waals surface area contributed by atoms with Gasteiger partial charge in [0.15, 0.2) is 0 Å². The topological polar surface area (TPSA) is 73.8 Å². The fourth-order valence-electron chi connectivity index (χ4n) is 3.64. The van der Waals surface area contributed by atoms with Crippen molar-refractivity contribution >= 4 is 50.7 Å². The first-order valence-electron chi connectivity index (χ1n) is 9.39. The Labute approximate surface area is 182 Å². The summed E-state index contributed by atoms with van der Waals surface area (Å²) in [5.41, 5.74) is 1.32. The Balaban J connectivity index is 1.36. The number of hydrogen-bond donors (Lipinski definition) is 2. The highest BCUT2D eigenvalue weighted by Crippen LogP contribution is 2.29. The highest BCUT2D eigenvalue weighted by molar-refractivity contribution is 9.10. The summed E-state index contributed by atoms with van der Waals surface area (Å²) in [6.07, 6.45) is 1.33. The van der Waals surface area contributed by atoms with Crippen LogP contribution in [0.25, 0.3) is 0 Å². The van der Waals surface area contributed by atoms with Gasteiger partial charge in [-0.2, -0.15) is 0 Å². The summed E-state index contributed by atoms with van der Waals surface area (Å²) in [7, 11) is 0. The molecule has 2 heterocycles. The number of rotatable bonds is 4. The van der Waals surface area contributed by atoms with E-state index in [1.54, 1.807) is 12.1 Å². The third-order valence-corrected chi connectivity index (χ3v) is 6.06. The van der Waals surface area contributed by atoms with Crippen LogP contribution < -0.4 is 10.6 Å². The smallest absolute Gasteiger partial charge is 0.272 e. The Kier molecular flexibility index (Phi) is 5.72. The third-order valence-electron chi connectivity index (χ3n) is 5.20. The molecule has 29 heavy (non-hydrogen) atoms. The number of nitrogens with one attached hydrogen (secondary N) is 2. The minimum atomic E-state index is -0.574. The number of carbonyl (C=O) groups is 2. The van der Waals surface area contributed by atoms with Crippen LogP contribution in [0.5, 0.6) is 0 Å². The molecule has 2 aliphatic rings. The van der Waals surface area contributed by atoms with E-state index in [1.165, 1.54) is 0 Å². The van der Waals surface area contributed by atoms with Crippen LogP contribution in [0.4, 0.5) is 5.69 Å².